The molecule has 0 bridgehead atoms. The van der Waals surface area contributed by atoms with Gasteiger partial charge in [0.05, 0.1) is 11.5 Å². The molecule has 4 rings (SSSR count). The minimum atomic E-state index is -0.784. The molecule has 3 heterocycles. The highest BCUT2D eigenvalue weighted by molar-refractivity contribution is 5.77. The summed E-state index contributed by atoms with van der Waals surface area (Å²) in [5, 5.41) is 9.44. The van der Waals surface area contributed by atoms with Gasteiger partial charge in [0.25, 0.3) is 0 Å². The summed E-state index contributed by atoms with van der Waals surface area (Å²) >= 11 is 0. The Balaban J connectivity index is 1.54. The summed E-state index contributed by atoms with van der Waals surface area (Å²) in [6.07, 6.45) is 7.43. The van der Waals surface area contributed by atoms with Crippen molar-refractivity contribution in [3.63, 3.8) is 0 Å². The van der Waals surface area contributed by atoms with Gasteiger partial charge in [-0.2, -0.15) is 0 Å². The number of ether oxygens (including phenoxy) is 2. The summed E-state index contributed by atoms with van der Waals surface area (Å²) in [5.74, 6) is -1.10. The van der Waals surface area contributed by atoms with E-state index in [0.29, 0.717) is 13.0 Å². The second-order valence-corrected chi connectivity index (χ2v) is 8.64. The maximum Gasteiger partial charge on any atom is 0.320 e. The lowest BCUT2D eigenvalue weighted by atomic mass is 9.80. The molecule has 0 spiro atoms. The van der Waals surface area contributed by atoms with Gasteiger partial charge in [-0.3, -0.25) is 14.5 Å². The lowest BCUT2D eigenvalue weighted by Crippen LogP contribution is -2.42. The van der Waals surface area contributed by atoms with Crippen LogP contribution in [0.25, 0.3) is 0 Å². The van der Waals surface area contributed by atoms with E-state index in [0.717, 1.165) is 38.6 Å². The molecule has 6 atom stereocenters. The lowest BCUT2D eigenvalue weighted by Gasteiger charge is -2.27. The molecule has 0 aromatic rings. The molecular formula is C20H29NO5. The molecule has 0 saturated carbocycles. The third-order valence-electron chi connectivity index (χ3n) is 6.82. The van der Waals surface area contributed by atoms with Crippen LogP contribution in [0.4, 0.5) is 0 Å². The van der Waals surface area contributed by atoms with E-state index >= 15 is 0 Å². The van der Waals surface area contributed by atoms with Gasteiger partial charge < -0.3 is 14.6 Å². The molecule has 6 nitrogen and oxygen atoms in total. The minimum absolute atomic E-state index is 0.0119. The molecule has 0 amide bonds. The van der Waals surface area contributed by atoms with Crippen LogP contribution >= 0.6 is 0 Å². The number of carboxylic acid groups (broad SMARTS) is 1. The number of epoxide rings is 1. The van der Waals surface area contributed by atoms with Crippen molar-refractivity contribution >= 4 is 11.9 Å². The molecule has 1 aliphatic carbocycles. The zero-order chi connectivity index (χ0) is 18.5. The van der Waals surface area contributed by atoms with E-state index in [9.17, 15) is 14.7 Å². The minimum Gasteiger partial charge on any atom is -0.480 e. The van der Waals surface area contributed by atoms with Gasteiger partial charge in [-0.05, 0) is 58.9 Å². The van der Waals surface area contributed by atoms with Crippen molar-refractivity contribution in [2.45, 2.75) is 76.2 Å². The average Bonchev–Trinajstić information content (AvgIpc) is 2.92. The fourth-order valence-electron chi connectivity index (χ4n) is 5.12. The first kappa shape index (κ1) is 18.0. The van der Waals surface area contributed by atoms with Gasteiger partial charge in [-0.1, -0.05) is 11.6 Å². The van der Waals surface area contributed by atoms with E-state index in [2.05, 4.69) is 19.9 Å². The highest BCUT2D eigenvalue weighted by atomic mass is 16.6. The van der Waals surface area contributed by atoms with Crippen LogP contribution < -0.4 is 0 Å². The fourth-order valence-corrected chi connectivity index (χ4v) is 5.12. The van der Waals surface area contributed by atoms with E-state index in [1.165, 1.54) is 5.57 Å². The molecule has 6 heteroatoms. The zero-order valence-electron chi connectivity index (χ0n) is 15.6. The molecule has 26 heavy (non-hydrogen) atoms. The number of carbonyl (C=O) groups is 2. The Morgan fingerprint density at radius 2 is 2.23 bits per heavy atom. The molecule has 0 aromatic heterocycles. The Kier molecular flexibility index (Phi) is 4.59. The van der Waals surface area contributed by atoms with Crippen molar-refractivity contribution in [1.29, 1.82) is 0 Å². The third-order valence-corrected chi connectivity index (χ3v) is 6.82. The highest BCUT2D eigenvalue weighted by Gasteiger charge is 2.62. The van der Waals surface area contributed by atoms with E-state index < -0.39 is 12.0 Å². The number of carbonyl (C=O) groups excluding carboxylic acids is 1. The number of allylic oxidation sites excluding steroid dienone is 2. The van der Waals surface area contributed by atoms with Gasteiger partial charge >= 0.3 is 11.9 Å². The van der Waals surface area contributed by atoms with Crippen LogP contribution in [0, 0.1) is 11.8 Å². The largest absolute Gasteiger partial charge is 0.480 e. The Bertz CT molecular complexity index is 632. The molecule has 3 saturated heterocycles. The van der Waals surface area contributed by atoms with Crippen molar-refractivity contribution in [1.82, 2.24) is 4.90 Å². The number of fused-ring (bicyclic) bond motifs is 3. The van der Waals surface area contributed by atoms with Crippen molar-refractivity contribution in [2.24, 2.45) is 11.8 Å². The topological polar surface area (TPSA) is 79.4 Å². The smallest absolute Gasteiger partial charge is 0.320 e. The Morgan fingerprint density at radius 1 is 1.42 bits per heavy atom. The van der Waals surface area contributed by atoms with Crippen LogP contribution in [0.3, 0.4) is 0 Å². The molecule has 0 aromatic carbocycles. The summed E-state index contributed by atoms with van der Waals surface area (Å²) < 4.78 is 11.8. The average molecular weight is 363 g/mol. The van der Waals surface area contributed by atoms with Gasteiger partial charge in [0.2, 0.25) is 0 Å². The molecule has 4 aliphatic rings. The standard InChI is InChI=1S/C20H29NO5/c1-12-5-3-9-20(2)17(26-20)16-13(8-7-12)14(19(24)25-16)11-21-10-4-6-15(21)18(22)23/h5,13-17H,3-4,6-11H2,1-2H3,(H,22,23)/b12-5+/t13-,14-,15-,16-,17-,20+/m0/s1. The monoisotopic (exact) mass is 363 g/mol. The van der Waals surface area contributed by atoms with Gasteiger partial charge in [-0.25, -0.2) is 0 Å². The fraction of sp³-hybridized carbons (Fsp3) is 0.800. The number of carboxylic acids is 1. The summed E-state index contributed by atoms with van der Waals surface area (Å²) in [5.41, 5.74) is 1.16. The predicted molar refractivity (Wildman–Crippen MR) is 94.6 cm³/mol. The van der Waals surface area contributed by atoms with Crippen LogP contribution in [-0.4, -0.2) is 58.9 Å². The number of aliphatic carboxylic acids is 1. The number of rotatable bonds is 3. The number of likely N-dealkylation sites (tertiary alicyclic amines) is 1. The van der Waals surface area contributed by atoms with Gasteiger partial charge in [0.1, 0.15) is 18.2 Å². The van der Waals surface area contributed by atoms with Gasteiger partial charge in [0, 0.05) is 12.5 Å². The van der Waals surface area contributed by atoms with E-state index in [-0.39, 0.29) is 35.6 Å². The quantitative estimate of drug-likeness (QED) is 0.471. The molecule has 144 valence electrons. The lowest BCUT2D eigenvalue weighted by molar-refractivity contribution is -0.147. The second kappa shape index (κ2) is 6.64. The molecular weight excluding hydrogens is 334 g/mol. The normalized spacial score (nSPS) is 45.2. The first-order valence-corrected chi connectivity index (χ1v) is 9.90. The van der Waals surface area contributed by atoms with Crippen LogP contribution in [0.15, 0.2) is 11.6 Å². The summed E-state index contributed by atoms with van der Waals surface area (Å²) in [6.45, 7) is 5.50. The van der Waals surface area contributed by atoms with E-state index in [1.54, 1.807) is 0 Å². The van der Waals surface area contributed by atoms with E-state index in [1.807, 2.05) is 4.90 Å². The summed E-state index contributed by atoms with van der Waals surface area (Å²) in [6, 6.07) is -0.467. The van der Waals surface area contributed by atoms with Crippen molar-refractivity contribution in [3.05, 3.63) is 11.6 Å². The Morgan fingerprint density at radius 3 is 3.00 bits per heavy atom. The van der Waals surface area contributed by atoms with Crippen LogP contribution in [0.1, 0.15) is 52.4 Å². The Labute approximate surface area is 154 Å². The number of esters is 1. The van der Waals surface area contributed by atoms with Crippen LogP contribution in [-0.2, 0) is 19.1 Å². The Hall–Kier alpha value is -1.40. The maximum atomic E-state index is 12.7. The zero-order valence-corrected chi connectivity index (χ0v) is 15.6. The summed E-state index contributed by atoms with van der Waals surface area (Å²) in [7, 11) is 0. The summed E-state index contributed by atoms with van der Waals surface area (Å²) in [4.78, 5) is 26.1. The highest BCUT2D eigenvalue weighted by Crippen LogP contribution is 2.50. The number of nitrogens with zero attached hydrogens (tertiary/aromatic N) is 1. The first-order valence-electron chi connectivity index (χ1n) is 9.90. The van der Waals surface area contributed by atoms with Crippen molar-refractivity contribution < 1.29 is 24.2 Å². The molecule has 1 N–H and O–H groups in total. The van der Waals surface area contributed by atoms with Gasteiger partial charge in [0.15, 0.2) is 0 Å². The van der Waals surface area contributed by atoms with E-state index in [4.69, 9.17) is 9.47 Å². The molecule has 0 radical (unpaired) electrons. The SMILES string of the molecule is C/C1=C\CC[C@@]2(C)O[C@H]2[C@H]2OC(=O)[C@@H](CN3CCC[C@H]3C(=O)O)[C@@H]2CC1. The van der Waals surface area contributed by atoms with Crippen LogP contribution in [0.2, 0.25) is 0 Å². The predicted octanol–water partition coefficient (Wildman–Crippen LogP) is 2.37. The molecule has 0 unspecified atom stereocenters. The molecule has 3 fully saturated rings. The number of hydrogen-bond acceptors (Lipinski definition) is 5. The second-order valence-electron chi connectivity index (χ2n) is 8.64. The maximum absolute atomic E-state index is 12.7. The van der Waals surface area contributed by atoms with Crippen molar-refractivity contribution in [3.8, 4) is 0 Å². The van der Waals surface area contributed by atoms with Gasteiger partial charge in [-0.15, -0.1) is 0 Å². The molecule has 3 aliphatic heterocycles. The van der Waals surface area contributed by atoms with Crippen molar-refractivity contribution in [2.75, 3.05) is 13.1 Å². The van der Waals surface area contributed by atoms with Crippen LogP contribution in [0.5, 0.6) is 0 Å². The third kappa shape index (κ3) is 3.18. The first-order chi connectivity index (χ1) is 12.4. The number of hydrogen-bond donors (Lipinski definition) is 1.